The highest BCUT2D eigenvalue weighted by Crippen LogP contribution is 2.28. The van der Waals surface area contributed by atoms with E-state index in [1.165, 1.54) is 23.1 Å². The lowest BCUT2D eigenvalue weighted by Crippen LogP contribution is -2.24. The second-order valence-electron chi connectivity index (χ2n) is 6.87. The SMILES string of the molecule is CCCCn1c(SCC(=O)Nc2cccc(C)c2)nc2sc(C)c(C)c2c1=O. The maximum absolute atomic E-state index is 13.1. The van der Waals surface area contributed by atoms with Crippen LogP contribution >= 0.6 is 23.1 Å². The summed E-state index contributed by atoms with van der Waals surface area (Å²) in [6.45, 7) is 8.69. The highest BCUT2D eigenvalue weighted by Gasteiger charge is 2.17. The van der Waals surface area contributed by atoms with Crippen LogP contribution in [0.5, 0.6) is 0 Å². The number of thioether (sulfide) groups is 1. The molecule has 0 unspecified atom stereocenters. The van der Waals surface area contributed by atoms with Crippen LogP contribution in [-0.2, 0) is 11.3 Å². The predicted octanol–water partition coefficient (Wildman–Crippen LogP) is 4.91. The average Bonchev–Trinajstić information content (AvgIpc) is 2.93. The minimum Gasteiger partial charge on any atom is -0.325 e. The number of benzene rings is 1. The fourth-order valence-corrected chi connectivity index (χ4v) is 4.88. The molecule has 0 saturated heterocycles. The highest BCUT2D eigenvalue weighted by molar-refractivity contribution is 7.99. The lowest BCUT2D eigenvalue weighted by Gasteiger charge is -2.12. The molecule has 0 bridgehead atoms. The van der Waals surface area contributed by atoms with E-state index in [9.17, 15) is 9.59 Å². The van der Waals surface area contributed by atoms with Gasteiger partial charge in [0.15, 0.2) is 5.16 Å². The molecule has 3 rings (SSSR count). The molecule has 0 aliphatic heterocycles. The lowest BCUT2D eigenvalue weighted by atomic mass is 10.2. The molecule has 2 heterocycles. The van der Waals surface area contributed by atoms with Gasteiger partial charge in [0.25, 0.3) is 5.56 Å². The normalized spacial score (nSPS) is 11.1. The van der Waals surface area contributed by atoms with Crippen LogP contribution in [0.1, 0.15) is 35.8 Å². The van der Waals surface area contributed by atoms with Crippen molar-refractivity contribution in [1.82, 2.24) is 9.55 Å². The molecule has 2 aromatic heterocycles. The third-order valence-electron chi connectivity index (χ3n) is 4.62. The third-order valence-corrected chi connectivity index (χ3v) is 6.70. The summed E-state index contributed by atoms with van der Waals surface area (Å²) in [6, 6.07) is 7.70. The van der Waals surface area contributed by atoms with Gasteiger partial charge in [-0.25, -0.2) is 4.98 Å². The van der Waals surface area contributed by atoms with Crippen molar-refractivity contribution in [3.8, 4) is 0 Å². The Morgan fingerprint density at radius 3 is 2.79 bits per heavy atom. The summed E-state index contributed by atoms with van der Waals surface area (Å²) in [4.78, 5) is 32.1. The Balaban J connectivity index is 1.84. The number of aromatic nitrogens is 2. The number of carbonyl (C=O) groups is 1. The van der Waals surface area contributed by atoms with E-state index in [1.54, 1.807) is 4.57 Å². The van der Waals surface area contributed by atoms with Crippen LogP contribution in [0.15, 0.2) is 34.2 Å². The van der Waals surface area contributed by atoms with Crippen molar-refractivity contribution in [2.24, 2.45) is 0 Å². The van der Waals surface area contributed by atoms with Crippen LogP contribution in [0.2, 0.25) is 0 Å². The van der Waals surface area contributed by atoms with Crippen molar-refractivity contribution in [3.63, 3.8) is 0 Å². The van der Waals surface area contributed by atoms with Crippen molar-refractivity contribution in [2.45, 2.75) is 52.2 Å². The number of thiophene rings is 1. The zero-order valence-electron chi connectivity index (χ0n) is 16.7. The van der Waals surface area contributed by atoms with Crippen LogP contribution in [0, 0.1) is 20.8 Å². The molecule has 5 nitrogen and oxygen atoms in total. The molecular formula is C21H25N3O2S2. The van der Waals surface area contributed by atoms with E-state index < -0.39 is 0 Å². The fraction of sp³-hybridized carbons (Fsp3) is 0.381. The number of amides is 1. The van der Waals surface area contributed by atoms with E-state index in [2.05, 4.69) is 12.2 Å². The van der Waals surface area contributed by atoms with Gasteiger partial charge in [0.1, 0.15) is 4.83 Å². The van der Waals surface area contributed by atoms with Crippen molar-refractivity contribution in [2.75, 3.05) is 11.1 Å². The van der Waals surface area contributed by atoms with Gasteiger partial charge < -0.3 is 5.32 Å². The predicted molar refractivity (Wildman–Crippen MR) is 119 cm³/mol. The Hall–Kier alpha value is -2.12. The molecule has 1 aromatic carbocycles. The first-order valence-corrected chi connectivity index (χ1v) is 11.2. The van der Waals surface area contributed by atoms with Crippen molar-refractivity contribution >= 4 is 44.9 Å². The summed E-state index contributed by atoms with van der Waals surface area (Å²) in [5, 5.41) is 4.24. The molecule has 3 aromatic rings. The van der Waals surface area contributed by atoms with Crippen LogP contribution in [0.4, 0.5) is 5.69 Å². The van der Waals surface area contributed by atoms with E-state index in [4.69, 9.17) is 4.98 Å². The number of aryl methyl sites for hydroxylation is 3. The first kappa shape index (κ1) is 20.6. The summed E-state index contributed by atoms with van der Waals surface area (Å²) in [7, 11) is 0. The number of fused-ring (bicyclic) bond motifs is 1. The summed E-state index contributed by atoms with van der Waals surface area (Å²) in [5.41, 5.74) is 2.88. The summed E-state index contributed by atoms with van der Waals surface area (Å²) in [6.07, 6.45) is 1.89. The highest BCUT2D eigenvalue weighted by atomic mass is 32.2. The van der Waals surface area contributed by atoms with Gasteiger partial charge in [0.05, 0.1) is 11.1 Å². The number of unbranched alkanes of at least 4 members (excludes halogenated alkanes) is 1. The molecule has 0 radical (unpaired) electrons. The first-order chi connectivity index (χ1) is 13.4. The number of hydrogen-bond donors (Lipinski definition) is 1. The van der Waals surface area contributed by atoms with Gasteiger partial charge in [0, 0.05) is 17.1 Å². The van der Waals surface area contributed by atoms with Gasteiger partial charge in [0.2, 0.25) is 5.91 Å². The number of hydrogen-bond acceptors (Lipinski definition) is 5. The summed E-state index contributed by atoms with van der Waals surface area (Å²) >= 11 is 2.86. The van der Waals surface area contributed by atoms with Crippen LogP contribution in [0.3, 0.4) is 0 Å². The maximum atomic E-state index is 13.1. The fourth-order valence-electron chi connectivity index (χ4n) is 2.98. The topological polar surface area (TPSA) is 64.0 Å². The molecule has 0 spiro atoms. The van der Waals surface area contributed by atoms with E-state index in [1.807, 2.05) is 45.0 Å². The molecule has 28 heavy (non-hydrogen) atoms. The van der Waals surface area contributed by atoms with Gasteiger partial charge in [-0.1, -0.05) is 37.2 Å². The molecule has 0 aliphatic carbocycles. The maximum Gasteiger partial charge on any atom is 0.263 e. The number of anilines is 1. The molecule has 1 N–H and O–H groups in total. The quantitative estimate of drug-likeness (QED) is 0.440. The largest absolute Gasteiger partial charge is 0.325 e. The van der Waals surface area contributed by atoms with Crippen molar-refractivity contribution < 1.29 is 4.79 Å². The van der Waals surface area contributed by atoms with Gasteiger partial charge in [-0.15, -0.1) is 11.3 Å². The zero-order valence-corrected chi connectivity index (χ0v) is 18.3. The lowest BCUT2D eigenvalue weighted by molar-refractivity contribution is -0.113. The zero-order chi connectivity index (χ0) is 20.3. The van der Waals surface area contributed by atoms with Gasteiger partial charge in [-0.2, -0.15) is 0 Å². The van der Waals surface area contributed by atoms with Crippen molar-refractivity contribution in [3.05, 3.63) is 50.6 Å². The Morgan fingerprint density at radius 1 is 1.29 bits per heavy atom. The number of nitrogens with one attached hydrogen (secondary N) is 1. The minimum atomic E-state index is -0.106. The third kappa shape index (κ3) is 4.47. The number of nitrogens with zero attached hydrogens (tertiary/aromatic N) is 2. The van der Waals surface area contributed by atoms with Crippen LogP contribution in [0.25, 0.3) is 10.2 Å². The number of rotatable bonds is 7. The Bertz CT molecular complexity index is 1070. The monoisotopic (exact) mass is 415 g/mol. The van der Waals surface area contributed by atoms with E-state index >= 15 is 0 Å². The second-order valence-corrected chi connectivity index (χ2v) is 9.02. The molecule has 0 atom stereocenters. The van der Waals surface area contributed by atoms with Gasteiger partial charge in [-0.3, -0.25) is 14.2 Å². The molecule has 0 saturated carbocycles. The average molecular weight is 416 g/mol. The van der Waals surface area contributed by atoms with Crippen LogP contribution in [-0.4, -0.2) is 21.2 Å². The molecule has 0 aliphatic rings. The van der Waals surface area contributed by atoms with Crippen molar-refractivity contribution in [1.29, 1.82) is 0 Å². The molecular weight excluding hydrogens is 390 g/mol. The first-order valence-electron chi connectivity index (χ1n) is 9.40. The van der Waals surface area contributed by atoms with Gasteiger partial charge in [-0.05, 0) is 50.5 Å². The Labute approximate surface area is 173 Å². The van der Waals surface area contributed by atoms with Gasteiger partial charge >= 0.3 is 0 Å². The summed E-state index contributed by atoms with van der Waals surface area (Å²) < 4.78 is 1.73. The van der Waals surface area contributed by atoms with E-state index in [-0.39, 0.29) is 17.2 Å². The standard InChI is InChI=1S/C21H25N3O2S2/c1-5-6-10-24-20(26)18-14(3)15(4)28-19(18)23-21(24)27-12-17(25)22-16-9-7-8-13(2)11-16/h7-9,11H,5-6,10,12H2,1-4H3,(H,22,25). The molecule has 148 valence electrons. The molecule has 1 amide bonds. The smallest absolute Gasteiger partial charge is 0.263 e. The Kier molecular flexibility index (Phi) is 6.57. The van der Waals surface area contributed by atoms with E-state index in [0.29, 0.717) is 17.1 Å². The molecule has 0 fully saturated rings. The summed E-state index contributed by atoms with van der Waals surface area (Å²) in [5.74, 6) is 0.104. The molecule has 7 heteroatoms. The number of carbonyl (C=O) groups excluding carboxylic acids is 1. The van der Waals surface area contributed by atoms with Crippen LogP contribution < -0.4 is 10.9 Å². The van der Waals surface area contributed by atoms with E-state index in [0.717, 1.165) is 39.4 Å². The Morgan fingerprint density at radius 2 is 2.07 bits per heavy atom. The second kappa shape index (κ2) is 8.92. The minimum absolute atomic E-state index is 0.00175.